The van der Waals surface area contributed by atoms with Gasteiger partial charge in [0, 0.05) is 27.7 Å². The van der Waals surface area contributed by atoms with E-state index in [1.54, 1.807) is 30.8 Å². The van der Waals surface area contributed by atoms with E-state index in [-0.39, 0.29) is 24.2 Å². The molecule has 1 aliphatic heterocycles. The van der Waals surface area contributed by atoms with Crippen molar-refractivity contribution in [2.45, 2.75) is 45.1 Å². The van der Waals surface area contributed by atoms with Crippen LogP contribution in [0.15, 0.2) is 0 Å². The monoisotopic (exact) mass is 326 g/mol. The lowest BCUT2D eigenvalue weighted by molar-refractivity contribution is -0.164. The van der Waals surface area contributed by atoms with Crippen molar-refractivity contribution in [3.8, 4) is 0 Å². The van der Waals surface area contributed by atoms with Crippen molar-refractivity contribution in [3.63, 3.8) is 0 Å². The largest absolute Gasteiger partial charge is 0.376 e. The van der Waals surface area contributed by atoms with Crippen LogP contribution in [0.1, 0.15) is 18.1 Å². The summed E-state index contributed by atoms with van der Waals surface area (Å²) in [6.45, 7) is 5.15. The quantitative estimate of drug-likeness (QED) is 0.742. The minimum absolute atomic E-state index is 0.0185. The van der Waals surface area contributed by atoms with Crippen LogP contribution in [-0.2, 0) is 25.5 Å². The molecule has 2 rings (SSSR count). The van der Waals surface area contributed by atoms with Gasteiger partial charge in [0.05, 0.1) is 25.8 Å². The van der Waals surface area contributed by atoms with Gasteiger partial charge in [0.25, 0.3) is 0 Å². The third kappa shape index (κ3) is 4.07. The number of aromatic nitrogens is 3. The number of likely N-dealkylation sites (N-methyl/N-ethyl adjacent to an activating group) is 1. The van der Waals surface area contributed by atoms with E-state index < -0.39 is 0 Å². The Morgan fingerprint density at radius 1 is 1.35 bits per heavy atom. The van der Waals surface area contributed by atoms with Gasteiger partial charge in [-0.2, -0.15) is 5.10 Å². The number of amides is 1. The molecular weight excluding hydrogens is 300 g/mol. The zero-order valence-corrected chi connectivity index (χ0v) is 14.5. The predicted molar refractivity (Wildman–Crippen MR) is 83.1 cm³/mol. The van der Waals surface area contributed by atoms with E-state index in [2.05, 4.69) is 10.1 Å². The van der Waals surface area contributed by atoms with Gasteiger partial charge in [-0.3, -0.25) is 4.79 Å². The smallest absolute Gasteiger partial charge is 0.224 e. The fraction of sp³-hybridized carbons (Fsp3) is 0.800. The van der Waals surface area contributed by atoms with Gasteiger partial charge in [0.1, 0.15) is 23.9 Å². The van der Waals surface area contributed by atoms with Crippen LogP contribution >= 0.6 is 0 Å². The SMILES string of the molecule is CO[C@H]1[C@H](N(C)C(=O)CCn2nc(C)nc2C)COC[C@H]1OC. The van der Waals surface area contributed by atoms with Crippen molar-refractivity contribution in [1.29, 1.82) is 0 Å². The van der Waals surface area contributed by atoms with Crippen LogP contribution in [0.25, 0.3) is 0 Å². The number of hydrogen-bond donors (Lipinski definition) is 0. The maximum Gasteiger partial charge on any atom is 0.224 e. The van der Waals surface area contributed by atoms with Crippen LogP contribution in [0, 0.1) is 13.8 Å². The fourth-order valence-corrected chi connectivity index (χ4v) is 2.92. The fourth-order valence-electron chi connectivity index (χ4n) is 2.92. The van der Waals surface area contributed by atoms with Crippen molar-refractivity contribution < 1.29 is 19.0 Å². The van der Waals surface area contributed by atoms with Crippen molar-refractivity contribution in [3.05, 3.63) is 11.6 Å². The lowest BCUT2D eigenvalue weighted by Gasteiger charge is -2.40. The Labute approximate surface area is 136 Å². The first kappa shape index (κ1) is 17.8. The third-order valence-electron chi connectivity index (χ3n) is 4.28. The summed E-state index contributed by atoms with van der Waals surface area (Å²) >= 11 is 0. The minimum Gasteiger partial charge on any atom is -0.376 e. The Bertz CT molecular complexity index is 534. The van der Waals surface area contributed by atoms with Crippen LogP contribution in [0.5, 0.6) is 0 Å². The number of ether oxygens (including phenoxy) is 3. The normalized spacial score (nSPS) is 24.7. The lowest BCUT2D eigenvalue weighted by atomic mass is 10.0. The van der Waals surface area contributed by atoms with Gasteiger partial charge in [-0.25, -0.2) is 9.67 Å². The van der Waals surface area contributed by atoms with Crippen molar-refractivity contribution >= 4 is 5.91 Å². The summed E-state index contributed by atoms with van der Waals surface area (Å²) in [6.07, 6.45) is -0.0164. The summed E-state index contributed by atoms with van der Waals surface area (Å²) in [5.41, 5.74) is 0. The number of hydrogen-bond acceptors (Lipinski definition) is 6. The van der Waals surface area contributed by atoms with Crippen LogP contribution in [0.4, 0.5) is 0 Å². The van der Waals surface area contributed by atoms with Crippen LogP contribution in [0.2, 0.25) is 0 Å². The highest BCUT2D eigenvalue weighted by atomic mass is 16.6. The molecule has 1 aliphatic rings. The summed E-state index contributed by atoms with van der Waals surface area (Å²) in [6, 6.07) is -0.162. The first-order chi connectivity index (χ1) is 11.0. The molecule has 23 heavy (non-hydrogen) atoms. The molecule has 3 atom stereocenters. The molecule has 1 aromatic rings. The molecule has 130 valence electrons. The van der Waals surface area contributed by atoms with Crippen LogP contribution < -0.4 is 0 Å². The number of rotatable bonds is 6. The van der Waals surface area contributed by atoms with Crippen molar-refractivity contribution in [2.75, 3.05) is 34.5 Å². The van der Waals surface area contributed by atoms with Gasteiger partial charge < -0.3 is 19.1 Å². The minimum atomic E-state index is -0.196. The van der Waals surface area contributed by atoms with E-state index in [9.17, 15) is 4.79 Å². The second-order valence-electron chi connectivity index (χ2n) is 5.76. The second-order valence-corrected chi connectivity index (χ2v) is 5.76. The molecule has 0 bridgehead atoms. The molecule has 1 saturated heterocycles. The first-order valence-corrected chi connectivity index (χ1v) is 7.75. The number of carbonyl (C=O) groups is 1. The molecule has 0 saturated carbocycles. The van der Waals surface area contributed by atoms with Gasteiger partial charge in [-0.1, -0.05) is 0 Å². The van der Waals surface area contributed by atoms with Crippen molar-refractivity contribution in [2.24, 2.45) is 0 Å². The number of methoxy groups -OCH3 is 2. The van der Waals surface area contributed by atoms with Crippen LogP contribution in [0.3, 0.4) is 0 Å². The third-order valence-corrected chi connectivity index (χ3v) is 4.28. The molecule has 2 heterocycles. The van der Waals surface area contributed by atoms with Gasteiger partial charge in [0.15, 0.2) is 0 Å². The molecule has 0 unspecified atom stereocenters. The molecule has 0 N–H and O–H groups in total. The maximum atomic E-state index is 12.5. The standard InChI is InChI=1S/C15H26N4O4/c1-10-16-11(2)19(17-10)7-6-14(20)18(3)12-8-23-9-13(21-4)15(12)22-5/h12-13,15H,6-9H2,1-5H3/t12-,13-,15+/m1/s1. The maximum absolute atomic E-state index is 12.5. The van der Waals surface area contributed by atoms with E-state index in [4.69, 9.17) is 14.2 Å². The summed E-state index contributed by atoms with van der Waals surface area (Å²) in [7, 11) is 5.04. The molecule has 1 aromatic heterocycles. The molecular formula is C15H26N4O4. The first-order valence-electron chi connectivity index (χ1n) is 7.75. The Balaban J connectivity index is 1.96. The van der Waals surface area contributed by atoms with Gasteiger partial charge in [-0.05, 0) is 13.8 Å². The Morgan fingerprint density at radius 2 is 2.09 bits per heavy atom. The van der Waals surface area contributed by atoms with Gasteiger partial charge in [0.2, 0.25) is 5.91 Å². The van der Waals surface area contributed by atoms with E-state index >= 15 is 0 Å². The van der Waals surface area contributed by atoms with E-state index in [0.29, 0.717) is 32.0 Å². The molecule has 8 heteroatoms. The number of nitrogens with zero attached hydrogens (tertiary/aromatic N) is 4. The average Bonchev–Trinajstić information content (AvgIpc) is 2.88. The van der Waals surface area contributed by atoms with E-state index in [1.165, 1.54) is 0 Å². The Kier molecular flexibility index (Phi) is 6.09. The molecule has 1 amide bonds. The molecule has 0 radical (unpaired) electrons. The summed E-state index contributed by atoms with van der Waals surface area (Å²) in [5, 5.41) is 4.28. The highest BCUT2D eigenvalue weighted by Crippen LogP contribution is 2.19. The summed E-state index contributed by atoms with van der Waals surface area (Å²) in [5.74, 6) is 1.55. The van der Waals surface area contributed by atoms with Crippen LogP contribution in [-0.4, -0.2) is 78.3 Å². The van der Waals surface area contributed by atoms with E-state index in [0.717, 1.165) is 5.82 Å². The van der Waals surface area contributed by atoms with Crippen molar-refractivity contribution in [1.82, 2.24) is 19.7 Å². The lowest BCUT2D eigenvalue weighted by Crippen LogP contribution is -2.57. The number of carbonyl (C=O) groups excluding carboxylic acids is 1. The molecule has 1 fully saturated rings. The molecule has 0 spiro atoms. The zero-order chi connectivity index (χ0) is 17.0. The molecule has 0 aliphatic carbocycles. The van der Waals surface area contributed by atoms with Gasteiger partial charge in [-0.15, -0.1) is 0 Å². The molecule has 8 nitrogen and oxygen atoms in total. The van der Waals surface area contributed by atoms with Gasteiger partial charge >= 0.3 is 0 Å². The topological polar surface area (TPSA) is 78.7 Å². The predicted octanol–water partition coefficient (Wildman–Crippen LogP) is 0.172. The second kappa shape index (κ2) is 7.85. The summed E-state index contributed by atoms with van der Waals surface area (Å²) in [4.78, 5) is 18.4. The molecule has 0 aromatic carbocycles. The summed E-state index contributed by atoms with van der Waals surface area (Å²) < 4.78 is 18.2. The number of aryl methyl sites for hydroxylation is 3. The Hall–Kier alpha value is -1.51. The highest BCUT2D eigenvalue weighted by molar-refractivity contribution is 5.76. The average molecular weight is 326 g/mol. The Morgan fingerprint density at radius 3 is 2.65 bits per heavy atom. The highest BCUT2D eigenvalue weighted by Gasteiger charge is 2.38. The zero-order valence-electron chi connectivity index (χ0n) is 14.5. The van der Waals surface area contributed by atoms with E-state index in [1.807, 2.05) is 13.8 Å².